The average Bonchev–Trinajstić information content (AvgIpc) is 3.42. The molecule has 3 aliphatic rings. The number of nitrogens with one attached hydrogen (secondary N) is 2. The van der Waals surface area contributed by atoms with Crippen LogP contribution in [0.5, 0.6) is 0 Å². The van der Waals surface area contributed by atoms with E-state index in [0.717, 1.165) is 13.3 Å². The Morgan fingerprint density at radius 2 is 1.85 bits per heavy atom. The van der Waals surface area contributed by atoms with Crippen molar-refractivity contribution in [3.05, 3.63) is 35.5 Å². The highest BCUT2D eigenvalue weighted by Gasteiger charge is 2.46. The Morgan fingerprint density at radius 3 is 2.60 bits per heavy atom. The van der Waals surface area contributed by atoms with Gasteiger partial charge in [0.1, 0.15) is 17.8 Å². The lowest BCUT2D eigenvalue weighted by Crippen LogP contribution is -2.61. The first-order valence-electron chi connectivity index (χ1n) is 13.8. The Labute approximate surface area is 231 Å². The first kappa shape index (κ1) is 28.0. The van der Waals surface area contributed by atoms with E-state index >= 15 is 0 Å². The second-order valence-corrected chi connectivity index (χ2v) is 10.9. The SMILES string of the molecule is CC(=O)N1CC[C@H]2CC[C@@H](C(=O)N3CCCOCC3)N2C(=O)[C@@H](NC(=O)c2cc3cc(C(C)(F)F)ccc3[nH]2)C1. The van der Waals surface area contributed by atoms with Crippen molar-refractivity contribution >= 4 is 34.5 Å². The predicted molar refractivity (Wildman–Crippen MR) is 142 cm³/mol. The standard InChI is InChI=1S/C28H35F2N5O5/c1-17(36)34-10-8-20-5-7-24(27(39)33-9-3-12-40-13-11-33)35(20)26(38)23(16-34)32-25(37)22-15-18-14-19(28(2,29)30)4-6-21(18)31-22/h4,6,14-15,20,23-24,31H,3,5,7-13,16H2,1-2H3,(H,32,37)/t20-,23+,24+/m1/s1. The van der Waals surface area contributed by atoms with Crippen molar-refractivity contribution in [3.8, 4) is 0 Å². The summed E-state index contributed by atoms with van der Waals surface area (Å²) >= 11 is 0. The van der Waals surface area contributed by atoms with Gasteiger partial charge in [-0.2, -0.15) is 0 Å². The number of carbonyl (C=O) groups is 4. The molecule has 2 aromatic rings. The summed E-state index contributed by atoms with van der Waals surface area (Å²) in [7, 11) is 0. The van der Waals surface area contributed by atoms with E-state index in [0.29, 0.717) is 63.0 Å². The van der Waals surface area contributed by atoms with E-state index in [1.54, 1.807) is 14.7 Å². The van der Waals surface area contributed by atoms with E-state index in [9.17, 15) is 28.0 Å². The predicted octanol–water partition coefficient (Wildman–Crippen LogP) is 2.24. The van der Waals surface area contributed by atoms with Crippen LogP contribution in [0.4, 0.5) is 8.78 Å². The van der Waals surface area contributed by atoms with Gasteiger partial charge < -0.3 is 29.7 Å². The number of rotatable bonds is 4. The zero-order valence-corrected chi connectivity index (χ0v) is 22.8. The normalized spacial score (nSPS) is 24.4. The Balaban J connectivity index is 1.39. The Hall–Kier alpha value is -3.54. The minimum atomic E-state index is -3.03. The van der Waals surface area contributed by atoms with Crippen LogP contribution in [0.15, 0.2) is 24.3 Å². The lowest BCUT2D eigenvalue weighted by atomic mass is 10.1. The van der Waals surface area contributed by atoms with E-state index in [2.05, 4.69) is 10.3 Å². The van der Waals surface area contributed by atoms with Crippen LogP contribution in [-0.2, 0) is 25.0 Å². The van der Waals surface area contributed by atoms with Gasteiger partial charge in [0.2, 0.25) is 17.7 Å². The van der Waals surface area contributed by atoms with Crippen molar-refractivity contribution < 1.29 is 32.7 Å². The molecule has 10 nitrogen and oxygen atoms in total. The molecule has 12 heteroatoms. The molecule has 0 spiro atoms. The van der Waals surface area contributed by atoms with Crippen molar-refractivity contribution in [2.45, 2.75) is 63.6 Å². The summed E-state index contributed by atoms with van der Waals surface area (Å²) in [5, 5.41) is 3.19. The number of aromatic amines is 1. The molecular formula is C28H35F2N5O5. The van der Waals surface area contributed by atoms with Crippen molar-refractivity contribution in [3.63, 3.8) is 0 Å². The van der Waals surface area contributed by atoms with Gasteiger partial charge in [0.05, 0.1) is 6.61 Å². The quantitative estimate of drug-likeness (QED) is 0.597. The average molecular weight is 560 g/mol. The van der Waals surface area contributed by atoms with Crippen LogP contribution >= 0.6 is 0 Å². The maximum Gasteiger partial charge on any atom is 0.270 e. The zero-order chi connectivity index (χ0) is 28.6. The van der Waals surface area contributed by atoms with Gasteiger partial charge in [-0.25, -0.2) is 8.78 Å². The molecule has 1 aromatic carbocycles. The number of carbonyl (C=O) groups excluding carboxylic acids is 4. The summed E-state index contributed by atoms with van der Waals surface area (Å²) in [5.41, 5.74) is 0.426. The number of halogens is 2. The van der Waals surface area contributed by atoms with Crippen molar-refractivity contribution in [1.82, 2.24) is 25.0 Å². The molecule has 5 rings (SSSR count). The Kier molecular flexibility index (Phi) is 7.80. The zero-order valence-electron chi connectivity index (χ0n) is 22.8. The number of amides is 4. The fourth-order valence-electron chi connectivity index (χ4n) is 5.95. The van der Waals surface area contributed by atoms with Gasteiger partial charge in [0, 0.05) is 69.1 Å². The number of fused-ring (bicyclic) bond motifs is 2. The lowest BCUT2D eigenvalue weighted by Gasteiger charge is -2.39. The third-order valence-electron chi connectivity index (χ3n) is 8.13. The summed E-state index contributed by atoms with van der Waals surface area (Å²) in [4.78, 5) is 61.1. The van der Waals surface area contributed by atoms with E-state index < -0.39 is 29.8 Å². The summed E-state index contributed by atoms with van der Waals surface area (Å²) in [6.45, 7) is 4.65. The van der Waals surface area contributed by atoms with Crippen LogP contribution in [0.25, 0.3) is 10.9 Å². The highest BCUT2D eigenvalue weighted by atomic mass is 19.3. The molecule has 3 saturated heterocycles. The van der Waals surface area contributed by atoms with Crippen LogP contribution in [0.2, 0.25) is 0 Å². The number of hydrogen-bond donors (Lipinski definition) is 2. The number of ether oxygens (including phenoxy) is 1. The molecule has 1 aromatic heterocycles. The summed E-state index contributed by atoms with van der Waals surface area (Å²) in [6.07, 6.45) is 2.42. The number of H-pyrrole nitrogens is 1. The maximum absolute atomic E-state index is 14.0. The molecule has 0 aliphatic carbocycles. The minimum Gasteiger partial charge on any atom is -0.380 e. The molecule has 4 amide bonds. The third-order valence-corrected chi connectivity index (χ3v) is 8.13. The summed E-state index contributed by atoms with van der Waals surface area (Å²) in [6, 6.07) is 3.61. The number of alkyl halides is 2. The molecule has 0 saturated carbocycles. The van der Waals surface area contributed by atoms with Crippen LogP contribution in [0, 0.1) is 0 Å². The van der Waals surface area contributed by atoms with E-state index in [1.165, 1.54) is 31.2 Å². The third kappa shape index (κ3) is 5.67. The number of aromatic nitrogens is 1. The maximum atomic E-state index is 14.0. The van der Waals surface area contributed by atoms with Crippen LogP contribution in [0.3, 0.4) is 0 Å². The highest BCUT2D eigenvalue weighted by molar-refractivity contribution is 6.01. The molecule has 3 aliphatic heterocycles. The first-order chi connectivity index (χ1) is 19.0. The summed E-state index contributed by atoms with van der Waals surface area (Å²) in [5.74, 6) is -4.37. The van der Waals surface area contributed by atoms with Crippen molar-refractivity contribution in [2.24, 2.45) is 0 Å². The largest absolute Gasteiger partial charge is 0.380 e. The molecule has 2 N–H and O–H groups in total. The fourth-order valence-corrected chi connectivity index (χ4v) is 5.95. The van der Waals surface area contributed by atoms with E-state index in [4.69, 9.17) is 4.74 Å². The highest BCUT2D eigenvalue weighted by Crippen LogP contribution is 2.32. The van der Waals surface area contributed by atoms with Gasteiger partial charge in [-0.3, -0.25) is 19.2 Å². The van der Waals surface area contributed by atoms with Gasteiger partial charge in [-0.1, -0.05) is 6.07 Å². The summed E-state index contributed by atoms with van der Waals surface area (Å²) < 4.78 is 33.1. The lowest BCUT2D eigenvalue weighted by molar-refractivity contribution is -0.148. The Morgan fingerprint density at radius 1 is 1.05 bits per heavy atom. The number of hydrogen-bond acceptors (Lipinski definition) is 5. The molecule has 216 valence electrons. The molecular weight excluding hydrogens is 524 g/mol. The van der Waals surface area contributed by atoms with Crippen LogP contribution in [0.1, 0.15) is 55.6 Å². The van der Waals surface area contributed by atoms with Gasteiger partial charge >= 0.3 is 0 Å². The number of nitrogens with zero attached hydrogens (tertiary/aromatic N) is 3. The topological polar surface area (TPSA) is 115 Å². The fraction of sp³-hybridized carbons (Fsp3) is 0.571. The van der Waals surface area contributed by atoms with Gasteiger partial charge in [0.25, 0.3) is 11.8 Å². The second-order valence-electron chi connectivity index (χ2n) is 10.9. The van der Waals surface area contributed by atoms with E-state index in [-0.39, 0.29) is 35.7 Å². The molecule has 0 unspecified atom stereocenters. The van der Waals surface area contributed by atoms with E-state index in [1.807, 2.05) is 0 Å². The molecule has 40 heavy (non-hydrogen) atoms. The van der Waals surface area contributed by atoms with Crippen LogP contribution in [-0.4, -0.2) is 101 Å². The van der Waals surface area contributed by atoms with Crippen LogP contribution < -0.4 is 5.32 Å². The first-order valence-corrected chi connectivity index (χ1v) is 13.8. The minimum absolute atomic E-state index is 0.0337. The van der Waals surface area contributed by atoms with Gasteiger partial charge in [-0.15, -0.1) is 0 Å². The van der Waals surface area contributed by atoms with Crippen molar-refractivity contribution in [2.75, 3.05) is 39.4 Å². The second kappa shape index (κ2) is 11.1. The molecule has 0 radical (unpaired) electrons. The molecule has 3 atom stereocenters. The molecule has 0 bridgehead atoms. The monoisotopic (exact) mass is 559 g/mol. The van der Waals surface area contributed by atoms with Gasteiger partial charge in [0.15, 0.2) is 0 Å². The Bertz CT molecular complexity index is 1300. The number of benzene rings is 1. The van der Waals surface area contributed by atoms with Gasteiger partial charge in [-0.05, 0) is 43.9 Å². The molecule has 3 fully saturated rings. The van der Waals surface area contributed by atoms with Crippen molar-refractivity contribution in [1.29, 1.82) is 0 Å². The smallest absolute Gasteiger partial charge is 0.270 e. The molecule has 4 heterocycles.